The van der Waals surface area contributed by atoms with Crippen molar-refractivity contribution in [3.05, 3.63) is 36.0 Å². The molecule has 1 aliphatic rings. The first-order chi connectivity index (χ1) is 5.74. The minimum absolute atomic E-state index is 0.225. The van der Waals surface area contributed by atoms with E-state index in [0.717, 1.165) is 18.4 Å². The molecule has 0 aromatic rings. The summed E-state index contributed by atoms with van der Waals surface area (Å²) in [6.45, 7) is 6.08. The summed E-state index contributed by atoms with van der Waals surface area (Å²) >= 11 is 0. The van der Waals surface area contributed by atoms with Crippen molar-refractivity contribution in [3.8, 4) is 0 Å². The van der Waals surface area contributed by atoms with Crippen molar-refractivity contribution in [1.82, 2.24) is 0 Å². The molecule has 1 atom stereocenters. The second-order valence-corrected chi connectivity index (χ2v) is 3.38. The molecule has 1 heteroatoms. The van der Waals surface area contributed by atoms with Crippen LogP contribution in [-0.4, -0.2) is 11.7 Å². The molecule has 0 saturated carbocycles. The van der Waals surface area contributed by atoms with Gasteiger partial charge in [0, 0.05) is 5.92 Å². The number of hydrogen-bond acceptors (Lipinski definition) is 1. The van der Waals surface area contributed by atoms with Crippen molar-refractivity contribution >= 4 is 0 Å². The average Bonchev–Trinajstić information content (AvgIpc) is 2.51. The summed E-state index contributed by atoms with van der Waals surface area (Å²) in [4.78, 5) is 0. The van der Waals surface area contributed by atoms with Crippen LogP contribution in [0.2, 0.25) is 0 Å². The van der Waals surface area contributed by atoms with Crippen molar-refractivity contribution < 1.29 is 5.11 Å². The van der Waals surface area contributed by atoms with Crippen molar-refractivity contribution in [2.75, 3.05) is 6.61 Å². The number of aliphatic hydroxyl groups excluding tert-OH is 1. The van der Waals surface area contributed by atoms with Gasteiger partial charge in [-0.2, -0.15) is 0 Å². The zero-order valence-corrected chi connectivity index (χ0v) is 7.59. The van der Waals surface area contributed by atoms with Gasteiger partial charge in [0.2, 0.25) is 0 Å². The van der Waals surface area contributed by atoms with Crippen LogP contribution in [0.15, 0.2) is 36.0 Å². The van der Waals surface area contributed by atoms with Crippen LogP contribution in [-0.2, 0) is 0 Å². The molecule has 0 aromatic heterocycles. The Balaban J connectivity index is 2.55. The molecule has 0 bridgehead atoms. The van der Waals surface area contributed by atoms with Crippen LogP contribution in [0.5, 0.6) is 0 Å². The van der Waals surface area contributed by atoms with Crippen LogP contribution in [0, 0.1) is 5.92 Å². The van der Waals surface area contributed by atoms with Crippen molar-refractivity contribution in [2.24, 2.45) is 5.92 Å². The molecule has 0 heterocycles. The summed E-state index contributed by atoms with van der Waals surface area (Å²) in [5.41, 5.74) is 2.40. The minimum Gasteiger partial charge on any atom is -0.396 e. The SMILES string of the molecule is C=C(C)C[C@@H](CO)C1=CCC=C1. The van der Waals surface area contributed by atoms with Gasteiger partial charge in [-0.1, -0.05) is 23.8 Å². The highest BCUT2D eigenvalue weighted by Crippen LogP contribution is 2.23. The summed E-state index contributed by atoms with van der Waals surface area (Å²) < 4.78 is 0. The molecule has 66 valence electrons. The van der Waals surface area contributed by atoms with E-state index < -0.39 is 0 Å². The maximum absolute atomic E-state index is 9.12. The molecule has 1 nitrogen and oxygen atoms in total. The molecule has 1 aliphatic carbocycles. The Bertz CT molecular complexity index is 223. The van der Waals surface area contributed by atoms with Crippen LogP contribution in [0.3, 0.4) is 0 Å². The lowest BCUT2D eigenvalue weighted by atomic mass is 9.94. The molecular weight excluding hydrogens is 148 g/mol. The van der Waals surface area contributed by atoms with E-state index in [4.69, 9.17) is 5.11 Å². The normalized spacial score (nSPS) is 17.7. The summed E-state index contributed by atoms with van der Waals surface area (Å²) in [5.74, 6) is 0.265. The highest BCUT2D eigenvalue weighted by atomic mass is 16.3. The van der Waals surface area contributed by atoms with Gasteiger partial charge >= 0.3 is 0 Å². The molecule has 0 unspecified atom stereocenters. The topological polar surface area (TPSA) is 20.2 Å². The van der Waals surface area contributed by atoms with E-state index in [-0.39, 0.29) is 12.5 Å². The Morgan fingerprint density at radius 2 is 2.50 bits per heavy atom. The molecule has 1 N–H and O–H groups in total. The average molecular weight is 164 g/mol. The van der Waals surface area contributed by atoms with Crippen LogP contribution in [0.1, 0.15) is 19.8 Å². The fourth-order valence-electron chi connectivity index (χ4n) is 1.49. The largest absolute Gasteiger partial charge is 0.396 e. The van der Waals surface area contributed by atoms with E-state index in [1.165, 1.54) is 5.57 Å². The first kappa shape index (κ1) is 9.27. The monoisotopic (exact) mass is 164 g/mol. The predicted molar refractivity (Wildman–Crippen MR) is 51.8 cm³/mol. The number of aliphatic hydroxyl groups is 1. The second-order valence-electron chi connectivity index (χ2n) is 3.38. The number of rotatable bonds is 4. The minimum atomic E-state index is 0.225. The van der Waals surface area contributed by atoms with Crippen molar-refractivity contribution in [2.45, 2.75) is 19.8 Å². The molecule has 0 aliphatic heterocycles. The van der Waals surface area contributed by atoms with Gasteiger partial charge in [0.1, 0.15) is 0 Å². The van der Waals surface area contributed by atoms with Gasteiger partial charge in [0.15, 0.2) is 0 Å². The van der Waals surface area contributed by atoms with E-state index in [1.807, 2.05) is 6.92 Å². The lowest BCUT2D eigenvalue weighted by Gasteiger charge is -2.13. The summed E-state index contributed by atoms with van der Waals surface area (Å²) in [6, 6.07) is 0. The van der Waals surface area contributed by atoms with E-state index in [9.17, 15) is 0 Å². The molecule has 0 amide bonds. The smallest absolute Gasteiger partial charge is 0.0502 e. The summed E-state index contributed by atoms with van der Waals surface area (Å²) in [6.07, 6.45) is 8.30. The molecule has 0 spiro atoms. The highest BCUT2D eigenvalue weighted by molar-refractivity contribution is 5.29. The number of allylic oxidation sites excluding steroid dienone is 4. The van der Waals surface area contributed by atoms with E-state index in [0.29, 0.717) is 0 Å². The lowest BCUT2D eigenvalue weighted by Crippen LogP contribution is -2.07. The summed E-state index contributed by atoms with van der Waals surface area (Å²) in [5, 5.41) is 9.12. The second kappa shape index (κ2) is 4.27. The first-order valence-corrected chi connectivity index (χ1v) is 4.36. The standard InChI is InChI=1S/C11H16O/c1-9(2)7-11(8-12)10-5-3-4-6-10/h3,5-6,11-12H,1,4,7-8H2,2H3/t11-/m0/s1. The van der Waals surface area contributed by atoms with Crippen LogP contribution in [0.25, 0.3) is 0 Å². The van der Waals surface area contributed by atoms with Crippen molar-refractivity contribution in [1.29, 1.82) is 0 Å². The molecule has 12 heavy (non-hydrogen) atoms. The molecule has 0 fully saturated rings. The molecule has 0 radical (unpaired) electrons. The number of hydrogen-bond donors (Lipinski definition) is 1. The van der Waals surface area contributed by atoms with Crippen LogP contribution < -0.4 is 0 Å². The van der Waals surface area contributed by atoms with Crippen LogP contribution in [0.4, 0.5) is 0 Å². The van der Waals surface area contributed by atoms with Gasteiger partial charge in [0.25, 0.3) is 0 Å². The van der Waals surface area contributed by atoms with E-state index >= 15 is 0 Å². The highest BCUT2D eigenvalue weighted by Gasteiger charge is 2.12. The van der Waals surface area contributed by atoms with Crippen molar-refractivity contribution in [3.63, 3.8) is 0 Å². The van der Waals surface area contributed by atoms with Gasteiger partial charge in [-0.15, -0.1) is 6.58 Å². The van der Waals surface area contributed by atoms with Gasteiger partial charge in [-0.25, -0.2) is 0 Å². The van der Waals surface area contributed by atoms with E-state index in [2.05, 4.69) is 24.8 Å². The quantitative estimate of drug-likeness (QED) is 0.633. The maximum atomic E-state index is 9.12. The zero-order chi connectivity index (χ0) is 8.97. The van der Waals surface area contributed by atoms with Crippen LogP contribution >= 0.6 is 0 Å². The molecule has 1 rings (SSSR count). The zero-order valence-electron chi connectivity index (χ0n) is 7.59. The lowest BCUT2D eigenvalue weighted by molar-refractivity contribution is 0.247. The van der Waals surface area contributed by atoms with E-state index in [1.54, 1.807) is 0 Å². The van der Waals surface area contributed by atoms with Gasteiger partial charge in [0.05, 0.1) is 6.61 Å². The third-order valence-electron chi connectivity index (χ3n) is 2.09. The predicted octanol–water partition coefficient (Wildman–Crippen LogP) is 2.45. The fourth-order valence-corrected chi connectivity index (χ4v) is 1.49. The molecular formula is C11H16O. The first-order valence-electron chi connectivity index (χ1n) is 4.36. The maximum Gasteiger partial charge on any atom is 0.0502 e. The third-order valence-corrected chi connectivity index (χ3v) is 2.09. The Hall–Kier alpha value is -0.820. The van der Waals surface area contributed by atoms with Gasteiger partial charge in [-0.3, -0.25) is 0 Å². The molecule has 0 aromatic carbocycles. The Kier molecular flexibility index (Phi) is 3.30. The fraction of sp³-hybridized carbons (Fsp3) is 0.455. The van der Waals surface area contributed by atoms with Gasteiger partial charge < -0.3 is 5.11 Å². The third kappa shape index (κ3) is 2.35. The Labute approximate surface area is 74.1 Å². The Morgan fingerprint density at radius 3 is 2.92 bits per heavy atom. The van der Waals surface area contributed by atoms with Gasteiger partial charge in [-0.05, 0) is 25.3 Å². The summed E-state index contributed by atoms with van der Waals surface area (Å²) in [7, 11) is 0. The Morgan fingerprint density at radius 1 is 1.75 bits per heavy atom. The molecule has 0 saturated heterocycles.